The molecule has 0 aliphatic carbocycles. The van der Waals surface area contributed by atoms with E-state index in [4.69, 9.17) is 23.7 Å². The van der Waals surface area contributed by atoms with Gasteiger partial charge in [-0.05, 0) is 6.42 Å². The fourth-order valence-corrected chi connectivity index (χ4v) is 4.36. The second-order valence-corrected chi connectivity index (χ2v) is 10.2. The third kappa shape index (κ3) is 16.1. The maximum absolute atomic E-state index is 12.7. The Kier molecular flexibility index (Phi) is 17.9. The summed E-state index contributed by atoms with van der Waals surface area (Å²) in [7, 11) is 0. The lowest BCUT2D eigenvalue weighted by Crippen LogP contribution is -2.56. The molecule has 0 aromatic carbocycles. The summed E-state index contributed by atoms with van der Waals surface area (Å²) < 4.78 is 25.7. The average molecular weight is 557 g/mol. The van der Waals surface area contributed by atoms with Crippen molar-refractivity contribution in [1.29, 1.82) is 0 Å². The molecule has 1 rings (SSSR count). The van der Waals surface area contributed by atoms with Crippen LogP contribution >= 0.6 is 0 Å². The summed E-state index contributed by atoms with van der Waals surface area (Å²) in [5, 5.41) is 0. The summed E-state index contributed by atoms with van der Waals surface area (Å²) in [6.45, 7) is 3.52. The molecular formula is C29H48O10. The molecule has 0 N–H and O–H groups in total. The van der Waals surface area contributed by atoms with Crippen molar-refractivity contribution in [3.63, 3.8) is 0 Å². The average Bonchev–Trinajstić information content (AvgIpc) is 2.91. The molecule has 0 bridgehead atoms. The largest absolute Gasteiger partial charge is 0.457 e. The first-order chi connectivity index (χ1) is 18.7. The number of unbranched alkanes of at least 4 members (excludes halogenated alkanes) is 14. The van der Waals surface area contributed by atoms with Gasteiger partial charge in [0.1, 0.15) is 0 Å². The second kappa shape index (κ2) is 20.3. The molecule has 1 aliphatic heterocycles. The smallest absolute Gasteiger partial charge is 0.366 e. The van der Waals surface area contributed by atoms with Crippen LogP contribution in [-0.2, 0) is 47.7 Å². The fraction of sp³-hybridized carbons (Fsp3) is 0.828. The SMILES string of the molecule is CCCCCCCCCCCCCCCCCC(=O)OC1(OC(C)=O)COC(=O)CCC(=O)OC1OC(C)=O. The molecule has 1 heterocycles. The van der Waals surface area contributed by atoms with Gasteiger partial charge in [0.15, 0.2) is 6.61 Å². The zero-order chi connectivity index (χ0) is 28.9. The normalized spacial score (nSPS) is 19.6. The highest BCUT2D eigenvalue weighted by molar-refractivity contribution is 5.78. The maximum atomic E-state index is 12.7. The minimum atomic E-state index is -2.44. The van der Waals surface area contributed by atoms with Gasteiger partial charge in [-0.25, -0.2) is 0 Å². The second-order valence-electron chi connectivity index (χ2n) is 10.2. The maximum Gasteiger partial charge on any atom is 0.366 e. The highest BCUT2D eigenvalue weighted by Gasteiger charge is 2.53. The first kappa shape index (κ1) is 34.4. The van der Waals surface area contributed by atoms with Crippen LogP contribution in [0.4, 0.5) is 0 Å². The molecule has 0 aromatic heterocycles. The summed E-state index contributed by atoms with van der Waals surface area (Å²) in [5.74, 6) is -6.71. The van der Waals surface area contributed by atoms with E-state index < -0.39 is 48.5 Å². The van der Waals surface area contributed by atoms with E-state index in [0.29, 0.717) is 6.42 Å². The van der Waals surface area contributed by atoms with Crippen molar-refractivity contribution in [1.82, 2.24) is 0 Å². The summed E-state index contributed by atoms with van der Waals surface area (Å²) in [6, 6.07) is 0. The Hall–Kier alpha value is -2.65. The molecule has 2 atom stereocenters. The van der Waals surface area contributed by atoms with Crippen LogP contribution in [0.25, 0.3) is 0 Å². The first-order valence-corrected chi connectivity index (χ1v) is 14.6. The van der Waals surface area contributed by atoms with Gasteiger partial charge >= 0.3 is 41.9 Å². The standard InChI is InChI=1S/C29H48O10/c1-4-5-6-7-8-9-10-11-12-13-14-15-16-17-18-19-27(34)39-29(38-24(3)31)22-35-25(32)20-21-26(33)37-28(29)36-23(2)30/h28H,4-22H2,1-3H3. The van der Waals surface area contributed by atoms with Crippen molar-refractivity contribution in [3.05, 3.63) is 0 Å². The van der Waals surface area contributed by atoms with Crippen LogP contribution in [0.2, 0.25) is 0 Å². The molecule has 2 unspecified atom stereocenters. The third-order valence-electron chi connectivity index (χ3n) is 6.43. The van der Waals surface area contributed by atoms with Crippen LogP contribution in [0.1, 0.15) is 136 Å². The van der Waals surface area contributed by atoms with Crippen LogP contribution < -0.4 is 0 Å². The zero-order valence-electron chi connectivity index (χ0n) is 24.1. The minimum absolute atomic E-state index is 0.00401. The summed E-state index contributed by atoms with van der Waals surface area (Å²) in [4.78, 5) is 60.2. The molecule has 0 radical (unpaired) electrons. The van der Waals surface area contributed by atoms with Gasteiger partial charge in [0, 0.05) is 20.3 Å². The molecule has 0 aromatic rings. The van der Waals surface area contributed by atoms with Crippen LogP contribution in [0.5, 0.6) is 0 Å². The van der Waals surface area contributed by atoms with Gasteiger partial charge in [0.05, 0.1) is 12.8 Å². The van der Waals surface area contributed by atoms with Crippen molar-refractivity contribution in [2.75, 3.05) is 6.61 Å². The number of hydrogen-bond acceptors (Lipinski definition) is 10. The van der Waals surface area contributed by atoms with Crippen molar-refractivity contribution in [2.24, 2.45) is 0 Å². The third-order valence-corrected chi connectivity index (χ3v) is 6.43. The number of rotatable bonds is 19. The van der Waals surface area contributed by atoms with E-state index in [1.54, 1.807) is 0 Å². The number of carbonyl (C=O) groups excluding carboxylic acids is 5. The quantitative estimate of drug-likeness (QED) is 0.0829. The van der Waals surface area contributed by atoms with Crippen molar-refractivity contribution in [3.8, 4) is 0 Å². The molecule has 1 saturated heterocycles. The Balaban J connectivity index is 2.44. The Morgan fingerprint density at radius 1 is 0.718 bits per heavy atom. The molecule has 0 saturated carbocycles. The van der Waals surface area contributed by atoms with Gasteiger partial charge in [0.25, 0.3) is 0 Å². The fourth-order valence-electron chi connectivity index (χ4n) is 4.36. The van der Waals surface area contributed by atoms with E-state index in [9.17, 15) is 24.0 Å². The van der Waals surface area contributed by atoms with Crippen LogP contribution in [0.15, 0.2) is 0 Å². The van der Waals surface area contributed by atoms with Crippen molar-refractivity contribution in [2.45, 2.75) is 148 Å². The van der Waals surface area contributed by atoms with Gasteiger partial charge in [-0.2, -0.15) is 0 Å². The lowest BCUT2D eigenvalue weighted by Gasteiger charge is -2.35. The van der Waals surface area contributed by atoms with Gasteiger partial charge in [0.2, 0.25) is 0 Å². The lowest BCUT2D eigenvalue weighted by molar-refractivity contribution is -0.320. The van der Waals surface area contributed by atoms with Gasteiger partial charge in [-0.1, -0.05) is 96.8 Å². The number of carbonyl (C=O) groups is 5. The molecule has 0 amide bonds. The van der Waals surface area contributed by atoms with E-state index in [1.165, 1.54) is 64.2 Å². The summed E-state index contributed by atoms with van der Waals surface area (Å²) in [5.41, 5.74) is 0. The number of cyclic esters (lactones) is 2. The molecule has 224 valence electrons. The Labute approximate surface area is 232 Å². The van der Waals surface area contributed by atoms with Crippen molar-refractivity contribution >= 4 is 29.8 Å². The predicted octanol–water partition coefficient (Wildman–Crippen LogP) is 5.82. The highest BCUT2D eigenvalue weighted by Crippen LogP contribution is 2.27. The Bertz CT molecular complexity index is 765. The number of esters is 5. The van der Waals surface area contributed by atoms with Crippen molar-refractivity contribution < 1.29 is 47.7 Å². The lowest BCUT2D eigenvalue weighted by atomic mass is 10.0. The molecular weight excluding hydrogens is 508 g/mol. The van der Waals surface area contributed by atoms with Gasteiger partial charge in [-0.15, -0.1) is 0 Å². The Morgan fingerprint density at radius 2 is 1.21 bits per heavy atom. The zero-order valence-corrected chi connectivity index (χ0v) is 24.1. The van der Waals surface area contributed by atoms with Crippen LogP contribution in [0.3, 0.4) is 0 Å². The molecule has 39 heavy (non-hydrogen) atoms. The van der Waals surface area contributed by atoms with E-state index in [0.717, 1.165) is 39.5 Å². The monoisotopic (exact) mass is 556 g/mol. The van der Waals surface area contributed by atoms with E-state index in [1.807, 2.05) is 0 Å². The van der Waals surface area contributed by atoms with Crippen LogP contribution in [0, 0.1) is 0 Å². The highest BCUT2D eigenvalue weighted by atomic mass is 16.8. The number of ether oxygens (including phenoxy) is 5. The molecule has 10 heteroatoms. The topological polar surface area (TPSA) is 132 Å². The van der Waals surface area contributed by atoms with E-state index in [2.05, 4.69) is 6.92 Å². The van der Waals surface area contributed by atoms with Crippen LogP contribution in [-0.4, -0.2) is 48.5 Å². The summed E-state index contributed by atoms with van der Waals surface area (Å²) >= 11 is 0. The Morgan fingerprint density at radius 3 is 1.69 bits per heavy atom. The molecule has 0 spiro atoms. The summed E-state index contributed by atoms with van der Waals surface area (Å²) in [6.07, 6.45) is 15.1. The predicted molar refractivity (Wildman–Crippen MR) is 142 cm³/mol. The molecule has 1 fully saturated rings. The molecule has 1 aliphatic rings. The molecule has 10 nitrogen and oxygen atoms in total. The van der Waals surface area contributed by atoms with Gasteiger partial charge < -0.3 is 23.7 Å². The number of hydrogen-bond donors (Lipinski definition) is 0. The van der Waals surface area contributed by atoms with E-state index >= 15 is 0 Å². The van der Waals surface area contributed by atoms with E-state index in [-0.39, 0.29) is 19.3 Å². The minimum Gasteiger partial charge on any atom is -0.457 e. The first-order valence-electron chi connectivity index (χ1n) is 14.6. The van der Waals surface area contributed by atoms with Gasteiger partial charge in [-0.3, -0.25) is 24.0 Å².